The van der Waals surface area contributed by atoms with Gasteiger partial charge in [0.25, 0.3) is 0 Å². The van der Waals surface area contributed by atoms with Crippen molar-refractivity contribution in [3.63, 3.8) is 0 Å². The third-order valence-corrected chi connectivity index (χ3v) is 1.64. The summed E-state index contributed by atoms with van der Waals surface area (Å²) in [5.41, 5.74) is 1.22. The highest BCUT2D eigenvalue weighted by molar-refractivity contribution is 5.92. The highest BCUT2D eigenvalue weighted by Gasteiger charge is 2.06. The average Bonchev–Trinajstić information content (AvgIpc) is 2.47. The SMILES string of the molecule is CC(=O)c1cnc2cccnn12. The summed E-state index contributed by atoms with van der Waals surface area (Å²) in [5, 5.41) is 4.00. The van der Waals surface area contributed by atoms with Crippen LogP contribution in [-0.4, -0.2) is 20.4 Å². The van der Waals surface area contributed by atoms with Crippen LogP contribution in [-0.2, 0) is 0 Å². The third-order valence-electron chi connectivity index (χ3n) is 1.64. The summed E-state index contributed by atoms with van der Waals surface area (Å²) in [6.45, 7) is 1.50. The molecule has 4 nitrogen and oxygen atoms in total. The number of carbonyl (C=O) groups excluding carboxylic acids is 1. The first kappa shape index (κ1) is 6.97. The molecule has 0 fully saturated rings. The van der Waals surface area contributed by atoms with E-state index in [1.807, 2.05) is 0 Å². The summed E-state index contributed by atoms with van der Waals surface area (Å²) >= 11 is 0. The molecule has 2 aromatic heterocycles. The summed E-state index contributed by atoms with van der Waals surface area (Å²) in [6, 6.07) is 3.59. The van der Waals surface area contributed by atoms with E-state index in [4.69, 9.17) is 0 Å². The molecule has 4 heteroatoms. The highest BCUT2D eigenvalue weighted by Crippen LogP contribution is 2.03. The second kappa shape index (κ2) is 2.41. The average molecular weight is 161 g/mol. The van der Waals surface area contributed by atoms with E-state index in [2.05, 4.69) is 10.1 Å². The number of ketones is 1. The topological polar surface area (TPSA) is 47.3 Å². The van der Waals surface area contributed by atoms with E-state index in [1.54, 1.807) is 18.3 Å². The van der Waals surface area contributed by atoms with Gasteiger partial charge in [0.2, 0.25) is 0 Å². The minimum Gasteiger partial charge on any atom is -0.293 e. The monoisotopic (exact) mass is 161 g/mol. The van der Waals surface area contributed by atoms with Crippen molar-refractivity contribution in [2.45, 2.75) is 6.92 Å². The normalized spacial score (nSPS) is 10.4. The maximum Gasteiger partial charge on any atom is 0.179 e. The Bertz CT molecular complexity index is 433. The predicted octanol–water partition coefficient (Wildman–Crippen LogP) is 0.932. The van der Waals surface area contributed by atoms with Crippen LogP contribution in [0.4, 0.5) is 0 Å². The second-order valence-corrected chi connectivity index (χ2v) is 2.49. The molecule has 60 valence electrons. The minimum atomic E-state index is -0.0267. The van der Waals surface area contributed by atoms with Crippen LogP contribution in [0.1, 0.15) is 17.4 Å². The molecule has 2 rings (SSSR count). The molecule has 0 saturated heterocycles. The fourth-order valence-electron chi connectivity index (χ4n) is 1.07. The molecule has 0 aliphatic rings. The van der Waals surface area contributed by atoms with Gasteiger partial charge >= 0.3 is 0 Å². The number of rotatable bonds is 1. The van der Waals surface area contributed by atoms with E-state index in [9.17, 15) is 4.79 Å². The smallest absolute Gasteiger partial charge is 0.179 e. The molecule has 0 N–H and O–H groups in total. The molecule has 0 aliphatic heterocycles. The van der Waals surface area contributed by atoms with Gasteiger partial charge < -0.3 is 0 Å². The first-order valence-electron chi connectivity index (χ1n) is 3.59. The molecule has 12 heavy (non-hydrogen) atoms. The summed E-state index contributed by atoms with van der Waals surface area (Å²) in [6.07, 6.45) is 3.16. The summed E-state index contributed by atoms with van der Waals surface area (Å²) in [7, 11) is 0. The quantitative estimate of drug-likeness (QED) is 0.584. The second-order valence-electron chi connectivity index (χ2n) is 2.49. The summed E-state index contributed by atoms with van der Waals surface area (Å²) < 4.78 is 1.53. The largest absolute Gasteiger partial charge is 0.293 e. The van der Waals surface area contributed by atoms with Crippen molar-refractivity contribution in [2.75, 3.05) is 0 Å². The zero-order valence-corrected chi connectivity index (χ0v) is 6.56. The molecule has 0 aliphatic carbocycles. The maximum atomic E-state index is 11.0. The lowest BCUT2D eigenvalue weighted by atomic mass is 10.3. The third kappa shape index (κ3) is 0.887. The van der Waals surface area contributed by atoms with Crippen LogP contribution in [0, 0.1) is 0 Å². The van der Waals surface area contributed by atoms with Gasteiger partial charge in [0.05, 0.1) is 6.20 Å². The fourth-order valence-corrected chi connectivity index (χ4v) is 1.07. The van der Waals surface area contributed by atoms with Gasteiger partial charge in [-0.3, -0.25) is 4.79 Å². The van der Waals surface area contributed by atoms with E-state index in [1.165, 1.54) is 17.6 Å². The molecule has 0 saturated carbocycles. The Balaban J connectivity index is 2.79. The summed E-state index contributed by atoms with van der Waals surface area (Å²) in [5.74, 6) is -0.0267. The van der Waals surface area contributed by atoms with Crippen molar-refractivity contribution in [3.05, 3.63) is 30.2 Å². The van der Waals surface area contributed by atoms with Gasteiger partial charge in [0, 0.05) is 13.1 Å². The number of Topliss-reactive ketones (excluding diaryl/α,β-unsaturated/α-hetero) is 1. The highest BCUT2D eigenvalue weighted by atomic mass is 16.1. The Morgan fingerprint density at radius 1 is 1.58 bits per heavy atom. The molecule has 2 heterocycles. The van der Waals surface area contributed by atoms with Crippen LogP contribution in [0.25, 0.3) is 5.65 Å². The molecule has 0 aromatic carbocycles. The Morgan fingerprint density at radius 3 is 3.17 bits per heavy atom. The van der Waals surface area contributed by atoms with E-state index >= 15 is 0 Å². The molecule has 0 amide bonds. The molecule has 0 unspecified atom stereocenters. The first-order valence-corrected chi connectivity index (χ1v) is 3.59. The molecule has 0 radical (unpaired) electrons. The van der Waals surface area contributed by atoms with Gasteiger partial charge in [-0.2, -0.15) is 5.10 Å². The Kier molecular flexibility index (Phi) is 1.40. The Morgan fingerprint density at radius 2 is 2.42 bits per heavy atom. The van der Waals surface area contributed by atoms with Crippen molar-refractivity contribution >= 4 is 11.4 Å². The Labute approximate surface area is 68.8 Å². The van der Waals surface area contributed by atoms with Gasteiger partial charge in [-0.1, -0.05) is 0 Å². The minimum absolute atomic E-state index is 0.0267. The lowest BCUT2D eigenvalue weighted by molar-refractivity contribution is 0.101. The van der Waals surface area contributed by atoms with E-state index in [0.717, 1.165) is 0 Å². The van der Waals surface area contributed by atoms with Crippen LogP contribution >= 0.6 is 0 Å². The molecule has 0 bridgehead atoms. The van der Waals surface area contributed by atoms with Gasteiger partial charge in [0.1, 0.15) is 5.69 Å². The number of aromatic nitrogens is 3. The number of hydrogen-bond donors (Lipinski definition) is 0. The summed E-state index contributed by atoms with van der Waals surface area (Å²) in [4.78, 5) is 15.0. The number of hydrogen-bond acceptors (Lipinski definition) is 3. The van der Waals surface area contributed by atoms with Crippen LogP contribution < -0.4 is 0 Å². The van der Waals surface area contributed by atoms with Gasteiger partial charge in [-0.25, -0.2) is 9.50 Å². The zero-order chi connectivity index (χ0) is 8.55. The maximum absolute atomic E-state index is 11.0. The van der Waals surface area contributed by atoms with Crippen molar-refractivity contribution in [1.82, 2.24) is 14.6 Å². The van der Waals surface area contributed by atoms with E-state index < -0.39 is 0 Å². The fraction of sp³-hybridized carbons (Fsp3) is 0.125. The van der Waals surface area contributed by atoms with Crippen molar-refractivity contribution in [1.29, 1.82) is 0 Å². The van der Waals surface area contributed by atoms with Crippen molar-refractivity contribution in [2.24, 2.45) is 0 Å². The van der Waals surface area contributed by atoms with Gasteiger partial charge in [-0.15, -0.1) is 0 Å². The van der Waals surface area contributed by atoms with Crippen LogP contribution in [0.2, 0.25) is 0 Å². The molecule has 0 atom stereocenters. The molecule has 2 aromatic rings. The van der Waals surface area contributed by atoms with Crippen LogP contribution in [0.15, 0.2) is 24.5 Å². The lowest BCUT2D eigenvalue weighted by Gasteiger charge is -1.93. The van der Waals surface area contributed by atoms with Crippen LogP contribution in [0.5, 0.6) is 0 Å². The standard InChI is InChI=1S/C8H7N3O/c1-6(12)7-5-9-8-3-2-4-10-11(7)8/h2-5H,1H3. The van der Waals surface area contributed by atoms with E-state index in [0.29, 0.717) is 11.3 Å². The van der Waals surface area contributed by atoms with Crippen molar-refractivity contribution in [3.8, 4) is 0 Å². The van der Waals surface area contributed by atoms with Crippen LogP contribution in [0.3, 0.4) is 0 Å². The molecular weight excluding hydrogens is 154 g/mol. The van der Waals surface area contributed by atoms with E-state index in [-0.39, 0.29) is 5.78 Å². The zero-order valence-electron chi connectivity index (χ0n) is 6.56. The first-order chi connectivity index (χ1) is 5.79. The van der Waals surface area contributed by atoms with Crippen molar-refractivity contribution < 1.29 is 4.79 Å². The number of fused-ring (bicyclic) bond motifs is 1. The number of imidazole rings is 1. The Hall–Kier alpha value is -1.71. The molecule has 0 spiro atoms. The lowest BCUT2D eigenvalue weighted by Crippen LogP contribution is -2.00. The number of carbonyl (C=O) groups is 1. The van der Waals surface area contributed by atoms with Gasteiger partial charge in [0.15, 0.2) is 11.4 Å². The predicted molar refractivity (Wildman–Crippen MR) is 43.0 cm³/mol. The molecular formula is C8H7N3O. The number of nitrogens with zero attached hydrogens (tertiary/aromatic N) is 3. The van der Waals surface area contributed by atoms with Gasteiger partial charge in [-0.05, 0) is 12.1 Å².